The number of benzene rings is 2. The van der Waals surface area contributed by atoms with Crippen molar-refractivity contribution in [3.63, 3.8) is 0 Å². The summed E-state index contributed by atoms with van der Waals surface area (Å²) in [5.41, 5.74) is 5.42. The minimum Gasteiger partial charge on any atom is -0.507 e. The summed E-state index contributed by atoms with van der Waals surface area (Å²) >= 11 is 1.58. The Labute approximate surface area is 289 Å². The first-order valence-electron chi connectivity index (χ1n) is 17.2. The van der Waals surface area contributed by atoms with E-state index in [0.717, 1.165) is 34.4 Å². The van der Waals surface area contributed by atoms with E-state index in [9.17, 15) is 10.2 Å². The van der Waals surface area contributed by atoms with Crippen LogP contribution in [-0.4, -0.2) is 26.4 Å². The molecule has 0 saturated heterocycles. The summed E-state index contributed by atoms with van der Waals surface area (Å²) in [5, 5.41) is 27.3. The molecule has 0 amide bonds. The van der Waals surface area contributed by atoms with Crippen LogP contribution in [0.25, 0.3) is 0 Å². The molecular weight excluding hydrogens is 607 g/mol. The van der Waals surface area contributed by atoms with Crippen molar-refractivity contribution in [2.45, 2.75) is 150 Å². The standard InChI is InChI=1S/C39H61N3O4S/c1-14-15-16-17-18-19-20-47-42-40-32(45-26-21-28(36(2,3)4)34(43)29(22-26)37(5,6)7)25-33(41-42)46-27-23-30(38(8,9)10)35(44)31(24-27)39(11,12)13/h21-25,40,43-44H,14-20H2,1-13H3. The molecule has 8 heteroatoms. The van der Waals surface area contributed by atoms with Crippen molar-refractivity contribution >= 4 is 17.8 Å². The highest BCUT2D eigenvalue weighted by atomic mass is 32.2. The van der Waals surface area contributed by atoms with Crippen LogP contribution in [0.3, 0.4) is 0 Å². The molecule has 0 saturated carbocycles. The molecule has 47 heavy (non-hydrogen) atoms. The lowest BCUT2D eigenvalue weighted by atomic mass is 9.79. The van der Waals surface area contributed by atoms with E-state index in [2.05, 4.69) is 95.4 Å². The number of unbranched alkanes of at least 4 members (excludes halogenated alkanes) is 5. The molecule has 7 nitrogen and oxygen atoms in total. The van der Waals surface area contributed by atoms with Crippen LogP contribution in [0, 0.1) is 0 Å². The lowest BCUT2D eigenvalue weighted by molar-refractivity contribution is 0.277. The molecule has 2 aromatic carbocycles. The van der Waals surface area contributed by atoms with E-state index in [1.54, 1.807) is 22.5 Å². The summed E-state index contributed by atoms with van der Waals surface area (Å²) in [6.07, 6.45) is 9.07. The smallest absolute Gasteiger partial charge is 0.244 e. The summed E-state index contributed by atoms with van der Waals surface area (Å²) in [5.74, 6) is 3.55. The third-order valence-electron chi connectivity index (χ3n) is 8.21. The number of hydrogen-bond donors (Lipinski definition) is 3. The second-order valence-electron chi connectivity index (χ2n) is 16.9. The van der Waals surface area contributed by atoms with Gasteiger partial charge < -0.3 is 19.7 Å². The Kier molecular flexibility index (Phi) is 12.3. The highest BCUT2D eigenvalue weighted by molar-refractivity contribution is 7.96. The largest absolute Gasteiger partial charge is 0.507 e. The minimum atomic E-state index is -0.295. The van der Waals surface area contributed by atoms with Crippen molar-refractivity contribution in [1.82, 2.24) is 9.95 Å². The first kappa shape index (κ1) is 38.4. The van der Waals surface area contributed by atoms with Crippen molar-refractivity contribution in [2.75, 3.05) is 5.75 Å². The van der Waals surface area contributed by atoms with Crippen LogP contribution in [-0.2, 0) is 21.7 Å². The molecule has 0 aromatic heterocycles. The second kappa shape index (κ2) is 15.0. The number of nitrogens with zero attached hydrogens (tertiary/aromatic N) is 2. The van der Waals surface area contributed by atoms with Crippen LogP contribution < -0.4 is 14.9 Å². The number of ether oxygens (including phenoxy) is 2. The Bertz CT molecular complexity index is 1370. The SMILES string of the molecule is CCCCCCCCSN1N=C(Oc2cc(C(C)(C)C)c(O)c(C(C)(C)C)c2)C=C(Oc2cc(C(C)(C)C)c(O)c(C(C)(C)C)c2)N1. The number of phenolic OH excluding ortho intramolecular Hbond substituents is 2. The van der Waals surface area contributed by atoms with Crippen LogP contribution in [0.5, 0.6) is 23.0 Å². The molecule has 0 radical (unpaired) electrons. The van der Waals surface area contributed by atoms with Gasteiger partial charge in [-0.25, -0.2) is 5.43 Å². The number of nitrogens with one attached hydrogen (secondary N) is 1. The summed E-state index contributed by atoms with van der Waals surface area (Å²) in [7, 11) is 0. The summed E-state index contributed by atoms with van der Waals surface area (Å²) in [6.45, 7) is 27.3. The van der Waals surface area contributed by atoms with Gasteiger partial charge in [0, 0.05) is 28.0 Å². The molecule has 0 bridgehead atoms. The first-order valence-corrected chi connectivity index (χ1v) is 18.2. The Morgan fingerprint density at radius 1 is 0.638 bits per heavy atom. The summed E-state index contributed by atoms with van der Waals surface area (Å²) in [4.78, 5) is 0. The zero-order valence-corrected chi connectivity index (χ0v) is 32.2. The number of hydrogen-bond acceptors (Lipinski definition) is 8. The first-order chi connectivity index (χ1) is 21.6. The average molecular weight is 668 g/mol. The quantitative estimate of drug-likeness (QED) is 0.162. The molecule has 2 aromatic rings. The highest BCUT2D eigenvalue weighted by Crippen LogP contribution is 2.43. The molecule has 1 aliphatic rings. The number of phenols is 2. The lowest BCUT2D eigenvalue weighted by Crippen LogP contribution is -2.36. The van der Waals surface area contributed by atoms with Gasteiger partial charge in [-0.2, -0.15) is 0 Å². The van der Waals surface area contributed by atoms with Gasteiger partial charge in [-0.05, 0) is 64.3 Å². The van der Waals surface area contributed by atoms with Gasteiger partial charge in [0.2, 0.25) is 11.8 Å². The van der Waals surface area contributed by atoms with Crippen molar-refractivity contribution < 1.29 is 19.7 Å². The van der Waals surface area contributed by atoms with Crippen LogP contribution in [0.1, 0.15) is 151 Å². The number of hydrazine groups is 1. The molecule has 0 atom stereocenters. The molecule has 0 aliphatic carbocycles. The monoisotopic (exact) mass is 667 g/mol. The maximum atomic E-state index is 11.3. The third-order valence-corrected chi connectivity index (χ3v) is 9.10. The molecule has 0 fully saturated rings. The zero-order valence-electron chi connectivity index (χ0n) is 31.4. The molecule has 0 unspecified atom stereocenters. The van der Waals surface area contributed by atoms with Gasteiger partial charge in [-0.15, -0.1) is 9.62 Å². The fourth-order valence-corrected chi connectivity index (χ4v) is 6.25. The predicted octanol–water partition coefficient (Wildman–Crippen LogP) is 10.7. The Morgan fingerprint density at radius 2 is 1.04 bits per heavy atom. The van der Waals surface area contributed by atoms with Gasteiger partial charge in [0.1, 0.15) is 23.0 Å². The van der Waals surface area contributed by atoms with Gasteiger partial charge in [-0.1, -0.05) is 122 Å². The van der Waals surface area contributed by atoms with Gasteiger partial charge in [0.15, 0.2) is 0 Å². The topological polar surface area (TPSA) is 86.6 Å². The van der Waals surface area contributed by atoms with E-state index < -0.39 is 0 Å². The van der Waals surface area contributed by atoms with Crippen LogP contribution in [0.2, 0.25) is 0 Å². The van der Waals surface area contributed by atoms with Crippen molar-refractivity contribution in [3.8, 4) is 23.0 Å². The fourth-order valence-electron chi connectivity index (χ4n) is 5.45. The fraction of sp³-hybridized carbons (Fsp3) is 0.615. The highest BCUT2D eigenvalue weighted by Gasteiger charge is 2.30. The van der Waals surface area contributed by atoms with Gasteiger partial charge in [0.25, 0.3) is 0 Å². The summed E-state index contributed by atoms with van der Waals surface area (Å²) < 4.78 is 14.7. The Hall–Kier alpha value is -3.00. The van der Waals surface area contributed by atoms with E-state index in [1.165, 1.54) is 32.1 Å². The van der Waals surface area contributed by atoms with E-state index in [0.29, 0.717) is 34.8 Å². The van der Waals surface area contributed by atoms with Crippen LogP contribution >= 0.6 is 11.9 Å². The molecule has 1 aliphatic heterocycles. The predicted molar refractivity (Wildman–Crippen MR) is 199 cm³/mol. The van der Waals surface area contributed by atoms with Crippen molar-refractivity contribution in [2.24, 2.45) is 5.10 Å². The van der Waals surface area contributed by atoms with Crippen molar-refractivity contribution in [3.05, 3.63) is 58.5 Å². The number of rotatable bonds is 11. The Morgan fingerprint density at radius 3 is 1.47 bits per heavy atom. The van der Waals surface area contributed by atoms with Crippen LogP contribution in [0.15, 0.2) is 41.3 Å². The van der Waals surface area contributed by atoms with Gasteiger partial charge in [-0.3, -0.25) is 0 Å². The molecule has 3 N–H and O–H groups in total. The molecular formula is C39H61N3O4S. The lowest BCUT2D eigenvalue weighted by Gasteiger charge is -2.30. The Balaban J connectivity index is 2.00. The third kappa shape index (κ3) is 10.8. The van der Waals surface area contributed by atoms with Gasteiger partial charge in [0.05, 0.1) is 6.08 Å². The second-order valence-corrected chi connectivity index (χ2v) is 17.9. The molecule has 3 rings (SSSR count). The summed E-state index contributed by atoms with van der Waals surface area (Å²) in [6, 6.07) is 7.64. The van der Waals surface area contributed by atoms with E-state index >= 15 is 0 Å². The average Bonchev–Trinajstić information content (AvgIpc) is 2.91. The van der Waals surface area contributed by atoms with Gasteiger partial charge >= 0.3 is 0 Å². The maximum absolute atomic E-state index is 11.3. The van der Waals surface area contributed by atoms with Crippen molar-refractivity contribution in [1.29, 1.82) is 0 Å². The molecule has 0 spiro atoms. The molecule has 1 heterocycles. The zero-order chi connectivity index (χ0) is 35.4. The molecule has 262 valence electrons. The van der Waals surface area contributed by atoms with E-state index in [-0.39, 0.29) is 21.7 Å². The van der Waals surface area contributed by atoms with Crippen LogP contribution in [0.4, 0.5) is 0 Å². The minimum absolute atomic E-state index is 0.291. The van der Waals surface area contributed by atoms with E-state index in [1.807, 2.05) is 24.3 Å². The number of hydrazone groups is 1. The number of aromatic hydroxyl groups is 2. The van der Waals surface area contributed by atoms with E-state index in [4.69, 9.17) is 14.6 Å². The normalized spacial score (nSPS) is 14.4. The maximum Gasteiger partial charge on any atom is 0.244 e.